The summed E-state index contributed by atoms with van der Waals surface area (Å²) in [6.45, 7) is 8.82. The molecule has 4 rings (SSSR count). The molecular formula is C21H22BrN5O2S. The number of aromatic nitrogens is 5. The first-order valence-electron chi connectivity index (χ1n) is 9.55. The van der Waals surface area contributed by atoms with Gasteiger partial charge in [0, 0.05) is 5.41 Å². The van der Waals surface area contributed by atoms with Crippen molar-refractivity contribution in [1.82, 2.24) is 24.9 Å². The predicted octanol–water partition coefficient (Wildman–Crippen LogP) is 5.88. The second kappa shape index (κ2) is 8.39. The summed E-state index contributed by atoms with van der Waals surface area (Å²) in [5.74, 6) is 2.58. The summed E-state index contributed by atoms with van der Waals surface area (Å²) in [6.07, 6.45) is 0. The number of halogens is 1. The van der Waals surface area contributed by atoms with Crippen molar-refractivity contribution in [3.63, 3.8) is 0 Å². The smallest absolute Gasteiger partial charge is 0.239 e. The normalized spacial score (nSPS) is 13.0. The first-order valence-corrected chi connectivity index (χ1v) is 11.2. The molecule has 156 valence electrons. The number of furan rings is 1. The van der Waals surface area contributed by atoms with E-state index in [0.717, 1.165) is 10.7 Å². The third-order valence-electron chi connectivity index (χ3n) is 4.44. The van der Waals surface area contributed by atoms with Gasteiger partial charge in [-0.25, -0.2) is 0 Å². The number of benzene rings is 1. The molecule has 0 radical (unpaired) electrons. The molecule has 0 bridgehead atoms. The zero-order chi connectivity index (χ0) is 21.3. The molecule has 9 heteroatoms. The summed E-state index contributed by atoms with van der Waals surface area (Å²) < 4.78 is 13.9. The molecule has 1 atom stereocenters. The van der Waals surface area contributed by atoms with Crippen molar-refractivity contribution in [3.8, 4) is 11.6 Å². The Morgan fingerprint density at radius 3 is 2.50 bits per heavy atom. The standard InChI is InChI=1S/C21H22BrN5O2S/c1-13(18-23-19(26-29-18)21(2,3)4)30-20-25-24-17(15-10-11-16(22)28-15)27(20)12-14-8-6-5-7-9-14/h5-11,13H,12H2,1-4H3. The minimum absolute atomic E-state index is 0.0801. The van der Waals surface area contributed by atoms with E-state index in [4.69, 9.17) is 8.94 Å². The number of hydrogen-bond acceptors (Lipinski definition) is 7. The molecule has 0 saturated carbocycles. The first kappa shape index (κ1) is 20.9. The number of rotatable bonds is 6. The molecule has 0 fully saturated rings. The maximum atomic E-state index is 5.73. The Balaban J connectivity index is 1.65. The van der Waals surface area contributed by atoms with Crippen LogP contribution in [-0.2, 0) is 12.0 Å². The van der Waals surface area contributed by atoms with E-state index in [0.29, 0.717) is 34.5 Å². The molecular weight excluding hydrogens is 466 g/mol. The molecule has 0 saturated heterocycles. The predicted molar refractivity (Wildman–Crippen MR) is 118 cm³/mol. The van der Waals surface area contributed by atoms with Crippen molar-refractivity contribution in [2.75, 3.05) is 0 Å². The monoisotopic (exact) mass is 487 g/mol. The number of nitrogens with zero attached hydrogens (tertiary/aromatic N) is 5. The van der Waals surface area contributed by atoms with Gasteiger partial charge in [-0.15, -0.1) is 10.2 Å². The van der Waals surface area contributed by atoms with E-state index in [2.05, 4.69) is 69.2 Å². The summed E-state index contributed by atoms with van der Waals surface area (Å²) in [7, 11) is 0. The summed E-state index contributed by atoms with van der Waals surface area (Å²) in [5.41, 5.74) is 0.978. The van der Waals surface area contributed by atoms with Crippen LogP contribution in [0.4, 0.5) is 0 Å². The van der Waals surface area contributed by atoms with Crippen LogP contribution >= 0.6 is 27.7 Å². The Morgan fingerprint density at radius 1 is 1.10 bits per heavy atom. The molecule has 0 amide bonds. The molecule has 4 aromatic rings. The molecule has 1 unspecified atom stereocenters. The summed E-state index contributed by atoms with van der Waals surface area (Å²) in [6, 6.07) is 13.9. The zero-order valence-corrected chi connectivity index (χ0v) is 19.6. The second-order valence-electron chi connectivity index (χ2n) is 7.95. The minimum Gasteiger partial charge on any atom is -0.446 e. The Hall–Kier alpha value is -2.39. The Kier molecular flexibility index (Phi) is 5.84. The average molecular weight is 488 g/mol. The zero-order valence-electron chi connectivity index (χ0n) is 17.2. The van der Waals surface area contributed by atoms with Crippen molar-refractivity contribution in [1.29, 1.82) is 0 Å². The Morgan fingerprint density at radius 2 is 1.87 bits per heavy atom. The SMILES string of the molecule is CC(Sc1nnc(-c2ccc(Br)o2)n1Cc1ccccc1)c1nc(C(C)(C)C)no1. The second-order valence-corrected chi connectivity index (χ2v) is 10.0. The van der Waals surface area contributed by atoms with E-state index < -0.39 is 0 Å². The van der Waals surface area contributed by atoms with Crippen LogP contribution in [0.25, 0.3) is 11.6 Å². The Labute approximate surface area is 187 Å². The van der Waals surface area contributed by atoms with Gasteiger partial charge in [-0.1, -0.05) is 68.0 Å². The van der Waals surface area contributed by atoms with Gasteiger partial charge in [-0.3, -0.25) is 4.57 Å². The van der Waals surface area contributed by atoms with E-state index in [1.807, 2.05) is 41.8 Å². The van der Waals surface area contributed by atoms with Crippen LogP contribution in [0.2, 0.25) is 0 Å². The highest BCUT2D eigenvalue weighted by atomic mass is 79.9. The quantitative estimate of drug-likeness (QED) is 0.313. The molecule has 0 spiro atoms. The van der Waals surface area contributed by atoms with Gasteiger partial charge in [0.05, 0.1) is 11.8 Å². The van der Waals surface area contributed by atoms with Gasteiger partial charge in [0.2, 0.25) is 11.7 Å². The van der Waals surface area contributed by atoms with Crippen LogP contribution in [-0.4, -0.2) is 24.9 Å². The van der Waals surface area contributed by atoms with E-state index in [1.54, 1.807) is 0 Å². The fourth-order valence-corrected chi connectivity index (χ4v) is 4.00. The molecule has 0 N–H and O–H groups in total. The van der Waals surface area contributed by atoms with Crippen LogP contribution < -0.4 is 0 Å². The van der Waals surface area contributed by atoms with Crippen molar-refractivity contribution >= 4 is 27.7 Å². The molecule has 0 aliphatic carbocycles. The van der Waals surface area contributed by atoms with E-state index in [9.17, 15) is 0 Å². The fraction of sp³-hybridized carbons (Fsp3) is 0.333. The van der Waals surface area contributed by atoms with E-state index >= 15 is 0 Å². The molecule has 0 aliphatic heterocycles. The van der Waals surface area contributed by atoms with Gasteiger partial charge in [-0.2, -0.15) is 4.98 Å². The molecule has 3 heterocycles. The highest BCUT2D eigenvalue weighted by Gasteiger charge is 2.26. The van der Waals surface area contributed by atoms with Crippen molar-refractivity contribution in [3.05, 3.63) is 64.4 Å². The summed E-state index contributed by atoms with van der Waals surface area (Å²) >= 11 is 4.89. The lowest BCUT2D eigenvalue weighted by atomic mass is 9.96. The van der Waals surface area contributed by atoms with E-state index in [-0.39, 0.29) is 10.7 Å². The number of thioether (sulfide) groups is 1. The third kappa shape index (κ3) is 4.52. The summed E-state index contributed by atoms with van der Waals surface area (Å²) in [5, 5.41) is 13.6. The van der Waals surface area contributed by atoms with Crippen LogP contribution in [0.5, 0.6) is 0 Å². The van der Waals surface area contributed by atoms with Gasteiger partial charge < -0.3 is 8.94 Å². The van der Waals surface area contributed by atoms with Gasteiger partial charge in [-0.05, 0) is 40.5 Å². The third-order valence-corrected chi connectivity index (χ3v) is 5.93. The van der Waals surface area contributed by atoms with Crippen molar-refractivity contribution < 1.29 is 8.94 Å². The van der Waals surface area contributed by atoms with Crippen molar-refractivity contribution in [2.24, 2.45) is 0 Å². The molecule has 0 aliphatic rings. The van der Waals surface area contributed by atoms with Gasteiger partial charge in [0.1, 0.15) is 0 Å². The minimum atomic E-state index is -0.167. The lowest BCUT2D eigenvalue weighted by Crippen LogP contribution is -2.13. The average Bonchev–Trinajstić information content (AvgIpc) is 3.43. The van der Waals surface area contributed by atoms with E-state index in [1.165, 1.54) is 11.8 Å². The van der Waals surface area contributed by atoms with Gasteiger partial charge in [0.25, 0.3) is 0 Å². The van der Waals surface area contributed by atoms with Crippen LogP contribution in [0.1, 0.15) is 50.2 Å². The lowest BCUT2D eigenvalue weighted by Gasteiger charge is -2.12. The maximum Gasteiger partial charge on any atom is 0.239 e. The van der Waals surface area contributed by atoms with Gasteiger partial charge in [0.15, 0.2) is 21.4 Å². The largest absolute Gasteiger partial charge is 0.446 e. The molecule has 7 nitrogen and oxygen atoms in total. The first-order chi connectivity index (χ1) is 14.3. The van der Waals surface area contributed by atoms with Crippen LogP contribution in [0.3, 0.4) is 0 Å². The Bertz CT molecular complexity index is 1130. The topological polar surface area (TPSA) is 82.8 Å². The highest BCUT2D eigenvalue weighted by molar-refractivity contribution is 9.10. The fourth-order valence-electron chi connectivity index (χ4n) is 2.81. The number of hydrogen-bond donors (Lipinski definition) is 0. The molecule has 1 aromatic carbocycles. The molecule has 3 aromatic heterocycles. The van der Waals surface area contributed by atoms with Crippen LogP contribution in [0, 0.1) is 0 Å². The maximum absolute atomic E-state index is 5.73. The highest BCUT2D eigenvalue weighted by Crippen LogP contribution is 2.36. The van der Waals surface area contributed by atoms with Crippen LogP contribution in [0.15, 0.2) is 61.2 Å². The lowest BCUT2D eigenvalue weighted by molar-refractivity contribution is 0.364. The van der Waals surface area contributed by atoms with Gasteiger partial charge >= 0.3 is 0 Å². The summed E-state index contributed by atoms with van der Waals surface area (Å²) in [4.78, 5) is 4.58. The van der Waals surface area contributed by atoms with Crippen molar-refractivity contribution in [2.45, 2.75) is 50.1 Å². The molecule has 30 heavy (non-hydrogen) atoms.